The van der Waals surface area contributed by atoms with Crippen molar-refractivity contribution in [3.8, 4) is 11.5 Å². The molecule has 4 heteroatoms. The zero-order chi connectivity index (χ0) is 17.4. The molecule has 1 aromatic rings. The molecule has 25 heavy (non-hydrogen) atoms. The van der Waals surface area contributed by atoms with Gasteiger partial charge in [0.05, 0.1) is 27.4 Å². The van der Waals surface area contributed by atoms with Gasteiger partial charge in [0.15, 0.2) is 17.3 Å². The normalized spacial score (nSPS) is 33.6. The van der Waals surface area contributed by atoms with Crippen LogP contribution in [0.3, 0.4) is 0 Å². The fraction of sp³-hybridized carbons (Fsp3) is 0.619. The summed E-state index contributed by atoms with van der Waals surface area (Å²) in [5.41, 5.74) is 5.10. The number of fused-ring (bicyclic) bond motifs is 2. The molecule has 0 N–H and O–H groups in total. The molecule has 0 aromatic heterocycles. The van der Waals surface area contributed by atoms with E-state index in [9.17, 15) is 0 Å². The lowest BCUT2D eigenvalue weighted by Gasteiger charge is -2.55. The summed E-state index contributed by atoms with van der Waals surface area (Å²) in [5.74, 6) is 1.97. The highest BCUT2D eigenvalue weighted by Crippen LogP contribution is 2.65. The van der Waals surface area contributed by atoms with Gasteiger partial charge in [0.25, 0.3) is 0 Å². The minimum absolute atomic E-state index is 0.0737. The molecule has 134 valence electrons. The van der Waals surface area contributed by atoms with Crippen LogP contribution in [0.2, 0.25) is 0 Å². The molecule has 1 saturated heterocycles. The molecule has 6 rings (SSSR count). The third kappa shape index (κ3) is 1.70. The fourth-order valence-corrected chi connectivity index (χ4v) is 5.98. The molecule has 2 bridgehead atoms. The molecule has 0 amide bonds. The highest BCUT2D eigenvalue weighted by molar-refractivity contribution is 5.69. The monoisotopic (exact) mass is 342 g/mol. The van der Waals surface area contributed by atoms with Crippen LogP contribution in [0.25, 0.3) is 0 Å². The number of methoxy groups -OCH3 is 2. The van der Waals surface area contributed by atoms with E-state index in [0.29, 0.717) is 25.0 Å². The van der Waals surface area contributed by atoms with Gasteiger partial charge in [-0.1, -0.05) is 19.1 Å². The Kier molecular flexibility index (Phi) is 3.15. The van der Waals surface area contributed by atoms with Crippen LogP contribution >= 0.6 is 0 Å². The Morgan fingerprint density at radius 2 is 1.80 bits per heavy atom. The van der Waals surface area contributed by atoms with Gasteiger partial charge < -0.3 is 18.9 Å². The van der Waals surface area contributed by atoms with Crippen LogP contribution in [-0.2, 0) is 20.7 Å². The van der Waals surface area contributed by atoms with E-state index < -0.39 is 5.79 Å². The molecule has 4 nitrogen and oxygen atoms in total. The first-order valence-electron chi connectivity index (χ1n) is 9.34. The van der Waals surface area contributed by atoms with E-state index in [1.54, 1.807) is 14.2 Å². The number of ether oxygens (including phenoxy) is 4. The molecule has 1 fully saturated rings. The molecule has 0 radical (unpaired) electrons. The quantitative estimate of drug-likeness (QED) is 0.763. The molecule has 1 aliphatic heterocycles. The van der Waals surface area contributed by atoms with E-state index in [4.69, 9.17) is 18.9 Å². The van der Waals surface area contributed by atoms with E-state index in [-0.39, 0.29) is 5.41 Å². The number of benzene rings is 1. The van der Waals surface area contributed by atoms with Crippen LogP contribution in [0.4, 0.5) is 0 Å². The second-order valence-electron chi connectivity index (χ2n) is 7.95. The highest BCUT2D eigenvalue weighted by atomic mass is 16.7. The zero-order valence-electron chi connectivity index (χ0n) is 15.5. The van der Waals surface area contributed by atoms with Gasteiger partial charge in [-0.15, -0.1) is 0 Å². The first-order valence-corrected chi connectivity index (χ1v) is 9.34. The molecule has 2 spiro atoms. The zero-order valence-corrected chi connectivity index (χ0v) is 15.5. The molecular formula is C21H26O4. The highest BCUT2D eigenvalue weighted by Gasteiger charge is 2.58. The minimum atomic E-state index is -0.621. The van der Waals surface area contributed by atoms with Crippen LogP contribution in [0.1, 0.15) is 54.4 Å². The number of allylic oxidation sites excluding steroid dienone is 2. The predicted molar refractivity (Wildman–Crippen MR) is 94.4 cm³/mol. The summed E-state index contributed by atoms with van der Waals surface area (Å²) in [7, 11) is 3.48. The molecular weight excluding hydrogens is 316 g/mol. The summed E-state index contributed by atoms with van der Waals surface area (Å²) >= 11 is 0. The maximum Gasteiger partial charge on any atom is 0.195 e. The molecule has 0 saturated carbocycles. The number of rotatable bonds is 2. The number of hydrogen-bond donors (Lipinski definition) is 0. The van der Waals surface area contributed by atoms with Crippen LogP contribution < -0.4 is 9.47 Å². The predicted octanol–water partition coefficient (Wildman–Crippen LogP) is 3.94. The molecule has 3 atom stereocenters. The second kappa shape index (κ2) is 5.01. The van der Waals surface area contributed by atoms with Gasteiger partial charge in [0, 0.05) is 34.4 Å². The summed E-state index contributed by atoms with van der Waals surface area (Å²) in [4.78, 5) is 0. The molecule has 0 unspecified atom stereocenters. The van der Waals surface area contributed by atoms with Gasteiger partial charge in [-0.25, -0.2) is 0 Å². The van der Waals surface area contributed by atoms with Crippen molar-refractivity contribution >= 4 is 0 Å². The van der Waals surface area contributed by atoms with E-state index >= 15 is 0 Å². The van der Waals surface area contributed by atoms with Crippen molar-refractivity contribution in [3.63, 3.8) is 0 Å². The topological polar surface area (TPSA) is 36.9 Å². The van der Waals surface area contributed by atoms with Gasteiger partial charge in [-0.3, -0.25) is 0 Å². The Morgan fingerprint density at radius 1 is 1.08 bits per heavy atom. The maximum absolute atomic E-state index is 6.27. The first kappa shape index (κ1) is 15.7. The van der Waals surface area contributed by atoms with Crippen molar-refractivity contribution in [2.75, 3.05) is 27.4 Å². The SMILES string of the molecule is COc1c(C)c2c3c(c1OC)[C@@H]1C=C[C@@]3(CC1)[C@@H](C)CC21OCCO1. The van der Waals surface area contributed by atoms with Crippen LogP contribution in [0.15, 0.2) is 12.2 Å². The Bertz CT molecular complexity index is 775. The Labute approximate surface area is 149 Å². The molecule has 5 aliphatic rings. The summed E-state index contributed by atoms with van der Waals surface area (Å²) < 4.78 is 24.2. The lowest BCUT2D eigenvalue weighted by molar-refractivity contribution is -0.190. The van der Waals surface area contributed by atoms with Gasteiger partial charge in [0.1, 0.15) is 0 Å². The maximum atomic E-state index is 6.27. The minimum Gasteiger partial charge on any atom is -0.493 e. The number of hydrogen-bond acceptors (Lipinski definition) is 4. The average molecular weight is 342 g/mol. The Hall–Kier alpha value is -1.52. The van der Waals surface area contributed by atoms with E-state index in [0.717, 1.165) is 23.5 Å². The van der Waals surface area contributed by atoms with E-state index in [2.05, 4.69) is 26.0 Å². The Balaban J connectivity index is 1.93. The average Bonchev–Trinajstić information content (AvgIpc) is 3.09. The third-order valence-corrected chi connectivity index (χ3v) is 7.01. The largest absolute Gasteiger partial charge is 0.493 e. The summed E-state index contributed by atoms with van der Waals surface area (Å²) in [5, 5.41) is 0. The van der Waals surface area contributed by atoms with Crippen LogP contribution in [-0.4, -0.2) is 27.4 Å². The van der Waals surface area contributed by atoms with Crippen LogP contribution in [0, 0.1) is 12.8 Å². The standard InChI is InChI=1S/C21H26O4/c1-12-11-21(24-9-10-25-21)16-13(2)18(22-3)19(23-4)15-14-5-7-20(12,8-6-14)17(15)16/h5,7,12,14H,6,8-11H2,1-4H3/t12-,14+,20+/m0/s1. The van der Waals surface area contributed by atoms with Crippen molar-refractivity contribution in [3.05, 3.63) is 34.4 Å². The summed E-state index contributed by atoms with van der Waals surface area (Å²) in [6.07, 6.45) is 8.11. The van der Waals surface area contributed by atoms with Crippen molar-refractivity contribution in [2.45, 2.75) is 50.2 Å². The van der Waals surface area contributed by atoms with Gasteiger partial charge in [-0.05, 0) is 31.2 Å². The van der Waals surface area contributed by atoms with Crippen molar-refractivity contribution in [2.24, 2.45) is 5.92 Å². The van der Waals surface area contributed by atoms with Crippen LogP contribution in [0.5, 0.6) is 11.5 Å². The van der Waals surface area contributed by atoms with Crippen molar-refractivity contribution in [1.82, 2.24) is 0 Å². The van der Waals surface area contributed by atoms with Gasteiger partial charge in [0.2, 0.25) is 0 Å². The fourth-order valence-electron chi connectivity index (χ4n) is 5.98. The summed E-state index contributed by atoms with van der Waals surface area (Å²) in [6, 6.07) is 0. The molecule has 1 aromatic carbocycles. The summed E-state index contributed by atoms with van der Waals surface area (Å²) in [6.45, 7) is 5.78. The lowest BCUT2D eigenvalue weighted by atomic mass is 9.51. The first-order chi connectivity index (χ1) is 12.1. The third-order valence-electron chi connectivity index (χ3n) is 7.01. The van der Waals surface area contributed by atoms with Gasteiger partial charge in [-0.2, -0.15) is 0 Å². The molecule has 4 aliphatic carbocycles. The smallest absolute Gasteiger partial charge is 0.195 e. The van der Waals surface area contributed by atoms with Crippen molar-refractivity contribution in [1.29, 1.82) is 0 Å². The lowest BCUT2D eigenvalue weighted by Crippen LogP contribution is -2.50. The van der Waals surface area contributed by atoms with E-state index in [1.807, 2.05) is 0 Å². The Morgan fingerprint density at radius 3 is 2.40 bits per heavy atom. The second-order valence-corrected chi connectivity index (χ2v) is 7.95. The van der Waals surface area contributed by atoms with Gasteiger partial charge >= 0.3 is 0 Å². The van der Waals surface area contributed by atoms with Crippen molar-refractivity contribution < 1.29 is 18.9 Å². The molecule has 1 heterocycles. The van der Waals surface area contributed by atoms with E-state index in [1.165, 1.54) is 29.5 Å².